The number of esters is 1. The molecule has 2 fully saturated rings. The monoisotopic (exact) mass is 562 g/mol. The highest BCUT2D eigenvalue weighted by Crippen LogP contribution is 2.53. The molecule has 0 aromatic heterocycles. The first-order valence-corrected chi connectivity index (χ1v) is 12.9. The van der Waals surface area contributed by atoms with Crippen molar-refractivity contribution in [2.75, 3.05) is 6.61 Å². The third kappa shape index (κ3) is 6.50. The predicted octanol–water partition coefficient (Wildman–Crippen LogP) is 5.78. The largest absolute Gasteiger partial charge is 0.462 e. The summed E-state index contributed by atoms with van der Waals surface area (Å²) < 4.78 is 99.5. The van der Waals surface area contributed by atoms with Gasteiger partial charge in [-0.1, -0.05) is 32.3 Å². The van der Waals surface area contributed by atoms with E-state index in [1.54, 1.807) is 0 Å². The van der Waals surface area contributed by atoms with Crippen molar-refractivity contribution >= 4 is 5.97 Å². The highest BCUT2D eigenvalue weighted by Gasteiger charge is 2.62. The summed E-state index contributed by atoms with van der Waals surface area (Å²) >= 11 is 0. The van der Waals surface area contributed by atoms with Crippen molar-refractivity contribution in [2.24, 2.45) is 5.92 Å². The number of carbonyl (C=O) groups excluding carboxylic acids is 1. The SMILES string of the molecule is C=C(C)C(=O)OCC(C1(OC(C)C(C)(O)C(F)(F)F)CCCC1)C1(OC(C)C(C)(O)C(F)(F)F)CCCC1. The Morgan fingerprint density at radius 1 is 0.816 bits per heavy atom. The molecule has 6 nitrogen and oxygen atoms in total. The van der Waals surface area contributed by atoms with E-state index in [-0.39, 0.29) is 31.3 Å². The zero-order chi connectivity index (χ0) is 29.4. The van der Waals surface area contributed by atoms with Crippen LogP contribution in [0.25, 0.3) is 0 Å². The van der Waals surface area contributed by atoms with E-state index >= 15 is 0 Å². The topological polar surface area (TPSA) is 85.2 Å². The van der Waals surface area contributed by atoms with Crippen LogP contribution in [-0.2, 0) is 19.0 Å². The Morgan fingerprint density at radius 3 is 1.39 bits per heavy atom. The summed E-state index contributed by atoms with van der Waals surface area (Å²) in [5, 5.41) is 20.6. The van der Waals surface area contributed by atoms with Crippen molar-refractivity contribution in [1.29, 1.82) is 0 Å². The predicted molar refractivity (Wildman–Crippen MR) is 126 cm³/mol. The first-order chi connectivity index (χ1) is 17.1. The van der Waals surface area contributed by atoms with Gasteiger partial charge >= 0.3 is 18.3 Å². The Balaban J connectivity index is 2.58. The number of carbonyl (C=O) groups is 1. The molecular weight excluding hydrogens is 522 g/mol. The summed E-state index contributed by atoms with van der Waals surface area (Å²) in [4.78, 5) is 12.3. The van der Waals surface area contributed by atoms with Gasteiger partial charge in [-0.3, -0.25) is 0 Å². The average Bonchev–Trinajstić information content (AvgIpc) is 3.42. The lowest BCUT2D eigenvalue weighted by Gasteiger charge is -2.51. The number of hydrogen-bond acceptors (Lipinski definition) is 6. The Kier molecular flexibility index (Phi) is 9.72. The highest BCUT2D eigenvalue weighted by atomic mass is 19.4. The van der Waals surface area contributed by atoms with Gasteiger partial charge in [0.1, 0.15) is 0 Å². The van der Waals surface area contributed by atoms with Crippen LogP contribution in [-0.4, -0.2) is 69.8 Å². The van der Waals surface area contributed by atoms with Gasteiger partial charge in [0.15, 0.2) is 11.2 Å². The molecule has 2 N–H and O–H groups in total. The van der Waals surface area contributed by atoms with Gasteiger partial charge in [-0.2, -0.15) is 26.3 Å². The number of ether oxygens (including phenoxy) is 3. The van der Waals surface area contributed by atoms with Gasteiger partial charge in [0, 0.05) is 5.57 Å². The Bertz CT molecular complexity index is 784. The summed E-state index contributed by atoms with van der Waals surface area (Å²) in [6, 6.07) is 0. The summed E-state index contributed by atoms with van der Waals surface area (Å²) in [6.45, 7) is 7.89. The first kappa shape index (κ1) is 32.8. The molecule has 0 aliphatic heterocycles. The van der Waals surface area contributed by atoms with Gasteiger partial charge in [0.2, 0.25) is 0 Å². The van der Waals surface area contributed by atoms with E-state index < -0.39 is 65.5 Å². The fourth-order valence-corrected chi connectivity index (χ4v) is 5.50. The van der Waals surface area contributed by atoms with Crippen LogP contribution in [0.3, 0.4) is 0 Å². The number of alkyl halides is 6. The minimum absolute atomic E-state index is 0.0632. The molecule has 0 heterocycles. The van der Waals surface area contributed by atoms with E-state index in [0.29, 0.717) is 39.5 Å². The lowest BCUT2D eigenvalue weighted by molar-refractivity contribution is -0.322. The first-order valence-electron chi connectivity index (χ1n) is 12.9. The van der Waals surface area contributed by atoms with E-state index in [0.717, 1.165) is 13.8 Å². The second-order valence-electron chi connectivity index (χ2n) is 11.3. The molecule has 38 heavy (non-hydrogen) atoms. The third-order valence-electron chi connectivity index (χ3n) is 8.45. The second-order valence-corrected chi connectivity index (χ2v) is 11.3. The molecule has 0 spiro atoms. The van der Waals surface area contributed by atoms with Crippen molar-refractivity contribution < 1.29 is 55.6 Å². The Morgan fingerprint density at radius 2 is 1.13 bits per heavy atom. The maximum atomic E-state index is 13.6. The molecular formula is C26H40F6O6. The molecule has 2 aliphatic carbocycles. The average molecular weight is 563 g/mol. The lowest BCUT2D eigenvalue weighted by Crippen LogP contribution is -2.62. The molecule has 12 heteroatoms. The molecule has 0 radical (unpaired) electrons. The maximum Gasteiger partial charge on any atom is 0.419 e. The van der Waals surface area contributed by atoms with Crippen molar-refractivity contribution in [3.63, 3.8) is 0 Å². The van der Waals surface area contributed by atoms with Crippen molar-refractivity contribution in [3.05, 3.63) is 12.2 Å². The molecule has 222 valence electrons. The van der Waals surface area contributed by atoms with Gasteiger partial charge in [-0.25, -0.2) is 4.79 Å². The molecule has 0 bridgehead atoms. The van der Waals surface area contributed by atoms with E-state index in [1.807, 2.05) is 0 Å². The zero-order valence-electron chi connectivity index (χ0n) is 22.6. The van der Waals surface area contributed by atoms with Crippen molar-refractivity contribution in [2.45, 2.75) is 133 Å². The van der Waals surface area contributed by atoms with Crippen LogP contribution in [0.4, 0.5) is 26.3 Å². The zero-order valence-corrected chi connectivity index (χ0v) is 22.6. The van der Waals surface area contributed by atoms with E-state index in [2.05, 4.69) is 6.58 Å². The van der Waals surface area contributed by atoms with E-state index in [4.69, 9.17) is 14.2 Å². The van der Waals surface area contributed by atoms with Crippen LogP contribution in [0.5, 0.6) is 0 Å². The number of aliphatic hydroxyl groups is 2. The molecule has 0 aromatic carbocycles. The minimum Gasteiger partial charge on any atom is -0.462 e. The molecule has 0 aromatic rings. The standard InChI is InChI=1S/C26H40F6O6/c1-16(2)20(33)36-15-19(23(11-7-8-12-23)37-17(3)21(5,34)25(27,28)29)24(13-9-10-14-24)38-18(4)22(6,35)26(30,31)32/h17-19,34-35H,1,7-15H2,2-6H3. The number of halogens is 6. The molecule has 0 amide bonds. The van der Waals surface area contributed by atoms with Crippen LogP contribution in [0.1, 0.15) is 86.0 Å². The maximum absolute atomic E-state index is 13.6. The second kappa shape index (κ2) is 11.2. The van der Waals surface area contributed by atoms with E-state index in [1.165, 1.54) is 6.92 Å². The van der Waals surface area contributed by atoms with Crippen molar-refractivity contribution in [3.8, 4) is 0 Å². The normalized spacial score (nSPS) is 25.2. The third-order valence-corrected chi connectivity index (χ3v) is 8.45. The lowest BCUT2D eigenvalue weighted by atomic mass is 9.72. The number of rotatable bonds is 11. The van der Waals surface area contributed by atoms with Gasteiger partial charge in [-0.05, 0) is 60.3 Å². The highest BCUT2D eigenvalue weighted by molar-refractivity contribution is 5.86. The quantitative estimate of drug-likeness (QED) is 0.189. The molecule has 4 atom stereocenters. The summed E-state index contributed by atoms with van der Waals surface area (Å²) in [5.41, 5.74) is -9.19. The Hall–Kier alpha value is -1.37. The van der Waals surface area contributed by atoms with Gasteiger partial charge < -0.3 is 24.4 Å². The van der Waals surface area contributed by atoms with Gasteiger partial charge in [-0.15, -0.1) is 0 Å². The van der Waals surface area contributed by atoms with E-state index in [9.17, 15) is 41.4 Å². The number of hydrogen-bond donors (Lipinski definition) is 2. The minimum atomic E-state index is -5.02. The van der Waals surface area contributed by atoms with Crippen LogP contribution < -0.4 is 0 Å². The Labute approximate surface area is 219 Å². The van der Waals surface area contributed by atoms with Crippen LogP contribution in [0, 0.1) is 5.92 Å². The fourth-order valence-electron chi connectivity index (χ4n) is 5.50. The summed E-state index contributed by atoms with van der Waals surface area (Å²) in [7, 11) is 0. The van der Waals surface area contributed by atoms with Crippen LogP contribution >= 0.6 is 0 Å². The van der Waals surface area contributed by atoms with Crippen molar-refractivity contribution in [1.82, 2.24) is 0 Å². The fraction of sp³-hybridized carbons (Fsp3) is 0.885. The van der Waals surface area contributed by atoms with Gasteiger partial charge in [0.05, 0.1) is 35.9 Å². The smallest absolute Gasteiger partial charge is 0.419 e. The van der Waals surface area contributed by atoms with Crippen LogP contribution in [0.15, 0.2) is 12.2 Å². The molecule has 0 saturated heterocycles. The molecule has 2 rings (SSSR count). The summed E-state index contributed by atoms with van der Waals surface area (Å²) in [6.07, 6.45) is -10.5. The van der Waals surface area contributed by atoms with Crippen LogP contribution in [0.2, 0.25) is 0 Å². The molecule has 2 saturated carbocycles. The summed E-state index contributed by atoms with van der Waals surface area (Å²) in [5.74, 6) is -1.76. The molecule has 4 unspecified atom stereocenters. The molecule has 2 aliphatic rings. The van der Waals surface area contributed by atoms with Gasteiger partial charge in [0.25, 0.3) is 0 Å².